The molecule has 4 nitrogen and oxygen atoms in total. The molecule has 0 saturated carbocycles. The normalized spacial score (nSPS) is 10.4. The van der Waals surface area contributed by atoms with E-state index in [9.17, 15) is 0 Å². The molecule has 0 unspecified atom stereocenters. The van der Waals surface area contributed by atoms with E-state index in [1.807, 2.05) is 48.5 Å². The topological polar surface area (TPSA) is 43.4 Å². The molecule has 0 bridgehead atoms. The van der Waals surface area contributed by atoms with Crippen LogP contribution in [-0.4, -0.2) is 19.2 Å². The van der Waals surface area contributed by atoms with Gasteiger partial charge < -0.3 is 14.8 Å². The second-order valence-electron chi connectivity index (χ2n) is 4.58. The Kier molecular flexibility index (Phi) is 3.60. The van der Waals surface area contributed by atoms with Gasteiger partial charge in [-0.05, 0) is 35.7 Å². The Hall–Kier alpha value is -2.75. The maximum atomic E-state index is 5.35. The van der Waals surface area contributed by atoms with Crippen LogP contribution < -0.4 is 14.8 Å². The fourth-order valence-corrected chi connectivity index (χ4v) is 2.29. The highest BCUT2D eigenvalue weighted by atomic mass is 16.5. The molecule has 3 aromatic rings. The van der Waals surface area contributed by atoms with Crippen LogP contribution in [0.5, 0.6) is 11.6 Å². The lowest BCUT2D eigenvalue weighted by atomic mass is 10.1. The van der Waals surface area contributed by atoms with Gasteiger partial charge >= 0.3 is 0 Å². The summed E-state index contributed by atoms with van der Waals surface area (Å²) < 4.78 is 10.7. The third-order valence-corrected chi connectivity index (χ3v) is 3.31. The van der Waals surface area contributed by atoms with E-state index in [2.05, 4.69) is 10.3 Å². The first-order valence-electron chi connectivity index (χ1n) is 6.64. The minimum atomic E-state index is 0.621. The molecule has 0 aliphatic carbocycles. The number of nitrogens with one attached hydrogen (secondary N) is 1. The van der Waals surface area contributed by atoms with E-state index in [0.717, 1.165) is 27.9 Å². The van der Waals surface area contributed by atoms with Gasteiger partial charge in [-0.15, -0.1) is 0 Å². The van der Waals surface area contributed by atoms with Crippen molar-refractivity contribution in [2.75, 3.05) is 19.5 Å². The van der Waals surface area contributed by atoms with Gasteiger partial charge in [0.15, 0.2) is 0 Å². The van der Waals surface area contributed by atoms with Gasteiger partial charge in [-0.2, -0.15) is 0 Å². The lowest BCUT2D eigenvalue weighted by Crippen LogP contribution is -1.95. The Labute approximate surface area is 123 Å². The predicted molar refractivity (Wildman–Crippen MR) is 84.6 cm³/mol. The highest BCUT2D eigenvalue weighted by Crippen LogP contribution is 2.30. The molecule has 1 N–H and O–H groups in total. The van der Waals surface area contributed by atoms with Crippen LogP contribution in [0.3, 0.4) is 0 Å². The number of hydrogen-bond donors (Lipinski definition) is 1. The fraction of sp³-hybridized carbons (Fsp3) is 0.118. The first-order valence-corrected chi connectivity index (χ1v) is 6.64. The third-order valence-electron chi connectivity index (χ3n) is 3.31. The summed E-state index contributed by atoms with van der Waals surface area (Å²) in [5.41, 5.74) is 1.88. The zero-order chi connectivity index (χ0) is 14.7. The third kappa shape index (κ3) is 2.60. The monoisotopic (exact) mass is 280 g/mol. The molecule has 0 amide bonds. The van der Waals surface area contributed by atoms with Crippen molar-refractivity contribution in [3.05, 3.63) is 54.7 Å². The first-order chi connectivity index (χ1) is 10.3. The van der Waals surface area contributed by atoms with Crippen LogP contribution in [0.15, 0.2) is 54.7 Å². The average molecular weight is 280 g/mol. The van der Waals surface area contributed by atoms with Crippen molar-refractivity contribution in [2.45, 2.75) is 0 Å². The Balaban J connectivity index is 2.01. The van der Waals surface area contributed by atoms with Crippen LogP contribution in [0.25, 0.3) is 10.8 Å². The van der Waals surface area contributed by atoms with E-state index in [1.54, 1.807) is 20.4 Å². The number of methoxy groups -OCH3 is 2. The zero-order valence-corrected chi connectivity index (χ0v) is 12.0. The summed E-state index contributed by atoms with van der Waals surface area (Å²) in [5, 5.41) is 5.42. The number of aromatic nitrogens is 1. The molecule has 21 heavy (non-hydrogen) atoms. The Morgan fingerprint density at radius 2 is 1.81 bits per heavy atom. The molecule has 0 saturated heterocycles. The molecule has 2 aromatic carbocycles. The van der Waals surface area contributed by atoms with Gasteiger partial charge in [-0.1, -0.05) is 18.2 Å². The van der Waals surface area contributed by atoms with Crippen molar-refractivity contribution in [1.82, 2.24) is 4.98 Å². The van der Waals surface area contributed by atoms with E-state index in [1.165, 1.54) is 0 Å². The number of nitrogens with zero attached hydrogens (tertiary/aromatic N) is 1. The molecule has 0 fully saturated rings. The molecule has 0 aliphatic rings. The van der Waals surface area contributed by atoms with Gasteiger partial charge in [-0.3, -0.25) is 0 Å². The number of anilines is 2. The fourth-order valence-electron chi connectivity index (χ4n) is 2.29. The first kappa shape index (κ1) is 13.2. The summed E-state index contributed by atoms with van der Waals surface area (Å²) in [5.74, 6) is 1.42. The number of pyridine rings is 1. The highest BCUT2D eigenvalue weighted by molar-refractivity contribution is 5.90. The lowest BCUT2D eigenvalue weighted by molar-refractivity contribution is 0.403. The molecule has 3 rings (SSSR count). The minimum absolute atomic E-state index is 0.621. The number of benzene rings is 2. The van der Waals surface area contributed by atoms with Gasteiger partial charge in [0.1, 0.15) is 5.75 Å². The smallest absolute Gasteiger partial charge is 0.221 e. The lowest BCUT2D eigenvalue weighted by Gasteiger charge is -2.12. The zero-order valence-electron chi connectivity index (χ0n) is 12.0. The van der Waals surface area contributed by atoms with E-state index in [0.29, 0.717) is 5.88 Å². The Morgan fingerprint density at radius 3 is 2.62 bits per heavy atom. The second kappa shape index (κ2) is 5.71. The summed E-state index contributed by atoms with van der Waals surface area (Å²) in [7, 11) is 3.29. The van der Waals surface area contributed by atoms with Crippen LogP contribution in [-0.2, 0) is 0 Å². The van der Waals surface area contributed by atoms with E-state index < -0.39 is 0 Å². The van der Waals surface area contributed by atoms with Crippen molar-refractivity contribution in [2.24, 2.45) is 0 Å². The molecule has 1 aromatic heterocycles. The quantitative estimate of drug-likeness (QED) is 0.784. The summed E-state index contributed by atoms with van der Waals surface area (Å²) in [6.45, 7) is 0. The van der Waals surface area contributed by atoms with Crippen molar-refractivity contribution in [1.29, 1.82) is 0 Å². The van der Waals surface area contributed by atoms with Gasteiger partial charge in [-0.25, -0.2) is 4.98 Å². The Bertz CT molecular complexity index is 772. The van der Waals surface area contributed by atoms with Gasteiger partial charge in [0.05, 0.1) is 19.9 Å². The molecule has 0 aliphatic heterocycles. The van der Waals surface area contributed by atoms with Crippen molar-refractivity contribution >= 4 is 22.1 Å². The molecular weight excluding hydrogens is 264 g/mol. The minimum Gasteiger partial charge on any atom is -0.495 e. The van der Waals surface area contributed by atoms with E-state index in [-0.39, 0.29) is 0 Å². The SMILES string of the molecule is COc1ccccc1Nc1ccc2ccnc(OC)c2c1. The van der Waals surface area contributed by atoms with Crippen LogP contribution >= 0.6 is 0 Å². The predicted octanol–water partition coefficient (Wildman–Crippen LogP) is 4.00. The van der Waals surface area contributed by atoms with Gasteiger partial charge in [0.25, 0.3) is 0 Å². The van der Waals surface area contributed by atoms with Crippen LogP contribution in [0.1, 0.15) is 0 Å². The summed E-state index contributed by atoms with van der Waals surface area (Å²) in [4.78, 5) is 4.23. The standard InChI is InChI=1S/C17H16N2O2/c1-20-16-6-4-3-5-15(16)19-13-8-7-12-9-10-18-17(21-2)14(12)11-13/h3-11,19H,1-2H3. The maximum Gasteiger partial charge on any atom is 0.221 e. The van der Waals surface area contributed by atoms with Crippen LogP contribution in [0, 0.1) is 0 Å². The number of ether oxygens (including phenoxy) is 2. The summed E-state index contributed by atoms with van der Waals surface area (Å²) in [6.07, 6.45) is 1.74. The number of fused-ring (bicyclic) bond motifs is 1. The maximum absolute atomic E-state index is 5.35. The van der Waals surface area contributed by atoms with Crippen molar-refractivity contribution in [3.63, 3.8) is 0 Å². The second-order valence-corrected chi connectivity index (χ2v) is 4.58. The summed E-state index contributed by atoms with van der Waals surface area (Å²) in [6, 6.07) is 15.9. The van der Waals surface area contributed by atoms with Gasteiger partial charge in [0, 0.05) is 17.3 Å². The number of para-hydroxylation sites is 2. The molecule has 0 spiro atoms. The molecule has 0 radical (unpaired) electrons. The van der Waals surface area contributed by atoms with Crippen molar-refractivity contribution in [3.8, 4) is 11.6 Å². The van der Waals surface area contributed by atoms with Crippen LogP contribution in [0.4, 0.5) is 11.4 Å². The largest absolute Gasteiger partial charge is 0.495 e. The molecule has 1 heterocycles. The van der Waals surface area contributed by atoms with Crippen LogP contribution in [0.2, 0.25) is 0 Å². The van der Waals surface area contributed by atoms with E-state index in [4.69, 9.17) is 9.47 Å². The number of hydrogen-bond acceptors (Lipinski definition) is 4. The molecule has 0 atom stereocenters. The number of rotatable bonds is 4. The summed E-state index contributed by atoms with van der Waals surface area (Å²) >= 11 is 0. The Morgan fingerprint density at radius 1 is 0.952 bits per heavy atom. The van der Waals surface area contributed by atoms with E-state index >= 15 is 0 Å². The molecule has 106 valence electrons. The molecule has 4 heteroatoms. The van der Waals surface area contributed by atoms with Gasteiger partial charge in [0.2, 0.25) is 5.88 Å². The average Bonchev–Trinajstić information content (AvgIpc) is 2.54. The van der Waals surface area contributed by atoms with Crippen molar-refractivity contribution < 1.29 is 9.47 Å². The highest BCUT2D eigenvalue weighted by Gasteiger charge is 2.06. The molecular formula is C17H16N2O2.